The van der Waals surface area contributed by atoms with Gasteiger partial charge < -0.3 is 0 Å². The second kappa shape index (κ2) is 3.56. The first kappa shape index (κ1) is 9.45. The minimum atomic E-state index is 0.504. The Labute approximate surface area is 85.9 Å². The maximum atomic E-state index is 4.54. The van der Waals surface area contributed by atoms with Crippen molar-refractivity contribution in [3.8, 4) is 0 Å². The number of fused-ring (bicyclic) bond motifs is 1. The summed E-state index contributed by atoms with van der Waals surface area (Å²) >= 11 is 0. The van der Waals surface area contributed by atoms with Crippen LogP contribution in [0.1, 0.15) is 35.6 Å². The van der Waals surface area contributed by atoms with E-state index in [-0.39, 0.29) is 0 Å². The zero-order valence-electron chi connectivity index (χ0n) is 9.17. The third-order valence-corrected chi connectivity index (χ3v) is 3.11. The lowest BCUT2D eigenvalue weighted by Gasteiger charge is -2.18. The van der Waals surface area contributed by atoms with Crippen LogP contribution in [-0.2, 0) is 6.42 Å². The molecule has 2 rings (SSSR count). The van der Waals surface area contributed by atoms with Gasteiger partial charge in [-0.25, -0.2) is 0 Å². The van der Waals surface area contributed by atoms with Crippen LogP contribution in [0, 0.1) is 13.8 Å². The van der Waals surface area contributed by atoms with Crippen LogP contribution in [0.4, 0.5) is 0 Å². The van der Waals surface area contributed by atoms with E-state index in [1.165, 1.54) is 22.3 Å². The molecule has 1 aliphatic heterocycles. The average Bonchev–Trinajstić information content (AvgIpc) is 2.19. The minimum Gasteiger partial charge on any atom is -0.289 e. The van der Waals surface area contributed by atoms with Crippen molar-refractivity contribution in [2.75, 3.05) is 0 Å². The normalized spacial score (nSPS) is 19.5. The van der Waals surface area contributed by atoms with E-state index < -0.39 is 0 Å². The number of nitrogens with zero attached hydrogens (tertiary/aromatic N) is 1. The van der Waals surface area contributed by atoms with Gasteiger partial charge in [0.2, 0.25) is 0 Å². The first-order valence-electron chi connectivity index (χ1n) is 5.34. The summed E-state index contributed by atoms with van der Waals surface area (Å²) in [7, 11) is 0. The molecule has 0 saturated carbocycles. The SMILES string of the molecule is CCC1Cc2cc(C)c(C)cc2C=N1. The highest BCUT2D eigenvalue weighted by atomic mass is 14.8. The van der Waals surface area contributed by atoms with Gasteiger partial charge in [0, 0.05) is 6.21 Å². The summed E-state index contributed by atoms with van der Waals surface area (Å²) in [6, 6.07) is 5.07. The Kier molecular flexibility index (Phi) is 2.40. The molecule has 1 nitrogen and oxygen atoms in total. The Morgan fingerprint density at radius 1 is 1.29 bits per heavy atom. The summed E-state index contributed by atoms with van der Waals surface area (Å²) in [4.78, 5) is 4.54. The molecule has 0 aromatic heterocycles. The molecule has 14 heavy (non-hydrogen) atoms. The molecule has 1 atom stereocenters. The van der Waals surface area contributed by atoms with E-state index in [2.05, 4.69) is 37.9 Å². The summed E-state index contributed by atoms with van der Waals surface area (Å²) in [5, 5.41) is 0. The van der Waals surface area contributed by atoms with Crippen LogP contribution in [-0.4, -0.2) is 12.3 Å². The number of benzene rings is 1. The molecule has 0 saturated heterocycles. The molecular weight excluding hydrogens is 170 g/mol. The lowest BCUT2D eigenvalue weighted by molar-refractivity contribution is 0.643. The Balaban J connectivity index is 2.41. The van der Waals surface area contributed by atoms with E-state index in [4.69, 9.17) is 0 Å². The molecule has 1 heterocycles. The highest BCUT2D eigenvalue weighted by molar-refractivity contribution is 5.83. The maximum absolute atomic E-state index is 4.54. The molecule has 0 amide bonds. The Hall–Kier alpha value is -1.11. The van der Waals surface area contributed by atoms with Gasteiger partial charge in [-0.05, 0) is 55.0 Å². The van der Waals surface area contributed by atoms with Gasteiger partial charge in [-0.1, -0.05) is 13.0 Å². The molecule has 0 N–H and O–H groups in total. The Morgan fingerprint density at radius 2 is 2.00 bits per heavy atom. The fourth-order valence-electron chi connectivity index (χ4n) is 1.94. The van der Waals surface area contributed by atoms with Crippen molar-refractivity contribution in [2.45, 2.75) is 39.7 Å². The van der Waals surface area contributed by atoms with Crippen LogP contribution in [0.2, 0.25) is 0 Å². The smallest absolute Gasteiger partial charge is 0.0537 e. The molecule has 1 aromatic carbocycles. The van der Waals surface area contributed by atoms with Crippen LogP contribution < -0.4 is 0 Å². The van der Waals surface area contributed by atoms with Gasteiger partial charge in [0.1, 0.15) is 0 Å². The number of rotatable bonds is 1. The lowest BCUT2D eigenvalue weighted by Crippen LogP contribution is -2.14. The molecule has 0 aliphatic carbocycles. The Morgan fingerprint density at radius 3 is 2.71 bits per heavy atom. The van der Waals surface area contributed by atoms with Gasteiger partial charge in [0.05, 0.1) is 6.04 Å². The predicted octanol–water partition coefficient (Wildman–Crippen LogP) is 3.06. The zero-order chi connectivity index (χ0) is 10.1. The van der Waals surface area contributed by atoms with Crippen molar-refractivity contribution in [3.05, 3.63) is 34.4 Å². The van der Waals surface area contributed by atoms with Gasteiger partial charge in [-0.3, -0.25) is 4.99 Å². The first-order valence-corrected chi connectivity index (χ1v) is 5.34. The number of hydrogen-bond acceptors (Lipinski definition) is 1. The van der Waals surface area contributed by atoms with Gasteiger partial charge >= 0.3 is 0 Å². The second-order valence-electron chi connectivity index (χ2n) is 4.18. The predicted molar refractivity (Wildman–Crippen MR) is 61.3 cm³/mol. The van der Waals surface area contributed by atoms with Crippen LogP contribution in [0.5, 0.6) is 0 Å². The summed E-state index contributed by atoms with van der Waals surface area (Å²) in [5.41, 5.74) is 5.55. The molecule has 74 valence electrons. The molecule has 0 radical (unpaired) electrons. The van der Waals surface area contributed by atoms with Gasteiger partial charge in [0.15, 0.2) is 0 Å². The molecule has 0 spiro atoms. The molecule has 0 bridgehead atoms. The van der Waals surface area contributed by atoms with Gasteiger partial charge in [-0.2, -0.15) is 0 Å². The fraction of sp³-hybridized carbons (Fsp3) is 0.462. The lowest BCUT2D eigenvalue weighted by atomic mass is 9.93. The monoisotopic (exact) mass is 187 g/mol. The van der Waals surface area contributed by atoms with Crippen LogP contribution in [0.3, 0.4) is 0 Å². The molecular formula is C13H17N. The quantitative estimate of drug-likeness (QED) is 0.640. The molecule has 0 fully saturated rings. The summed E-state index contributed by atoms with van der Waals surface area (Å²) in [6.07, 6.45) is 4.30. The number of hydrogen-bond donors (Lipinski definition) is 0. The van der Waals surface area contributed by atoms with Crippen molar-refractivity contribution in [3.63, 3.8) is 0 Å². The van der Waals surface area contributed by atoms with E-state index in [9.17, 15) is 0 Å². The largest absolute Gasteiger partial charge is 0.289 e. The van der Waals surface area contributed by atoms with E-state index in [0.717, 1.165) is 12.8 Å². The van der Waals surface area contributed by atoms with Crippen molar-refractivity contribution in [2.24, 2.45) is 4.99 Å². The van der Waals surface area contributed by atoms with Crippen molar-refractivity contribution in [1.82, 2.24) is 0 Å². The number of aliphatic imine (C=N–C) groups is 1. The maximum Gasteiger partial charge on any atom is 0.0537 e. The Bertz CT molecular complexity index is 377. The van der Waals surface area contributed by atoms with Gasteiger partial charge in [0.25, 0.3) is 0 Å². The molecule has 1 heteroatoms. The van der Waals surface area contributed by atoms with Crippen molar-refractivity contribution >= 4 is 6.21 Å². The second-order valence-corrected chi connectivity index (χ2v) is 4.18. The highest BCUT2D eigenvalue weighted by Gasteiger charge is 2.13. The van der Waals surface area contributed by atoms with Crippen LogP contribution >= 0.6 is 0 Å². The zero-order valence-corrected chi connectivity index (χ0v) is 9.17. The van der Waals surface area contributed by atoms with Gasteiger partial charge in [-0.15, -0.1) is 0 Å². The van der Waals surface area contributed by atoms with E-state index >= 15 is 0 Å². The topological polar surface area (TPSA) is 12.4 Å². The van der Waals surface area contributed by atoms with Crippen molar-refractivity contribution in [1.29, 1.82) is 0 Å². The third kappa shape index (κ3) is 1.59. The first-order chi connectivity index (χ1) is 6.70. The summed E-state index contributed by atoms with van der Waals surface area (Å²) < 4.78 is 0. The van der Waals surface area contributed by atoms with E-state index in [1.54, 1.807) is 0 Å². The van der Waals surface area contributed by atoms with Crippen LogP contribution in [0.25, 0.3) is 0 Å². The summed E-state index contributed by atoms with van der Waals surface area (Å²) in [6.45, 7) is 6.55. The molecule has 1 unspecified atom stereocenters. The van der Waals surface area contributed by atoms with E-state index in [1.807, 2.05) is 6.21 Å². The highest BCUT2D eigenvalue weighted by Crippen LogP contribution is 2.21. The van der Waals surface area contributed by atoms with Crippen LogP contribution in [0.15, 0.2) is 17.1 Å². The average molecular weight is 187 g/mol. The van der Waals surface area contributed by atoms with E-state index in [0.29, 0.717) is 6.04 Å². The number of aryl methyl sites for hydroxylation is 2. The third-order valence-electron chi connectivity index (χ3n) is 3.11. The summed E-state index contributed by atoms with van der Waals surface area (Å²) in [5.74, 6) is 0. The van der Waals surface area contributed by atoms with Crippen molar-refractivity contribution < 1.29 is 0 Å². The standard InChI is InChI=1S/C13H17N/c1-4-13-7-11-5-9(2)10(3)6-12(11)8-14-13/h5-6,8,13H,4,7H2,1-3H3. The minimum absolute atomic E-state index is 0.504. The fourth-order valence-corrected chi connectivity index (χ4v) is 1.94. The molecule has 1 aromatic rings. The molecule has 1 aliphatic rings.